The Morgan fingerprint density at radius 3 is 2.56 bits per heavy atom. The highest BCUT2D eigenvalue weighted by atomic mass is 16.6. The van der Waals surface area contributed by atoms with Gasteiger partial charge in [0, 0.05) is 50.1 Å². The minimum Gasteiger partial charge on any atom is -0.460 e. The maximum atomic E-state index is 13.0. The van der Waals surface area contributed by atoms with Crippen LogP contribution in [0.3, 0.4) is 0 Å². The van der Waals surface area contributed by atoms with E-state index in [2.05, 4.69) is 20.2 Å². The molecule has 1 aromatic carbocycles. The average Bonchev–Trinajstić information content (AvgIpc) is 2.82. The van der Waals surface area contributed by atoms with Gasteiger partial charge in [-0.2, -0.15) is 5.10 Å². The van der Waals surface area contributed by atoms with Gasteiger partial charge in [0.05, 0.1) is 11.6 Å². The van der Waals surface area contributed by atoms with E-state index in [1.807, 2.05) is 32.9 Å². The first-order valence-electron chi connectivity index (χ1n) is 12.7. The van der Waals surface area contributed by atoms with E-state index in [4.69, 9.17) is 4.74 Å². The lowest BCUT2D eigenvalue weighted by Gasteiger charge is -2.36. The summed E-state index contributed by atoms with van der Waals surface area (Å²) < 4.78 is 6.55. The Hall–Kier alpha value is -3.27. The summed E-state index contributed by atoms with van der Waals surface area (Å²) in [6.07, 6.45) is 4.31. The van der Waals surface area contributed by atoms with Crippen molar-refractivity contribution in [1.82, 2.24) is 20.0 Å². The Kier molecular flexibility index (Phi) is 7.73. The second-order valence-corrected chi connectivity index (χ2v) is 10.5. The van der Waals surface area contributed by atoms with Crippen molar-refractivity contribution in [3.05, 3.63) is 34.7 Å². The van der Waals surface area contributed by atoms with Crippen molar-refractivity contribution in [2.75, 3.05) is 37.6 Å². The number of aromatic nitrogens is 2. The van der Waals surface area contributed by atoms with E-state index in [0.29, 0.717) is 11.8 Å². The number of piperidine rings is 1. The first-order valence-corrected chi connectivity index (χ1v) is 12.7. The van der Waals surface area contributed by atoms with Gasteiger partial charge in [-0.25, -0.2) is 4.68 Å². The molecular formula is C26H35N5O5. The number of carbonyl (C=O) groups excluding carboxylic acids is 3. The highest BCUT2D eigenvalue weighted by molar-refractivity contribution is 5.99. The number of nitrogens with one attached hydrogen (secondary N) is 1. The number of rotatable bonds is 7. The summed E-state index contributed by atoms with van der Waals surface area (Å²) in [5.74, 6) is -0.947. The van der Waals surface area contributed by atoms with E-state index in [1.54, 1.807) is 12.3 Å². The Morgan fingerprint density at radius 1 is 1.11 bits per heavy atom. The molecule has 0 radical (unpaired) electrons. The van der Waals surface area contributed by atoms with Gasteiger partial charge in [0.2, 0.25) is 5.91 Å². The highest BCUT2D eigenvalue weighted by Crippen LogP contribution is 2.23. The number of hydrogen-bond acceptors (Lipinski definition) is 8. The molecule has 2 aliphatic rings. The minimum atomic E-state index is -0.767. The standard InChI is InChI=1S/C26H35N5O5/c1-26(2,3)36-23(33)6-4-5-11-29-12-14-30(15-13-29)19-7-8-20-18(16-19)17-27-31(25(20)35)21-9-10-22(32)28-24(21)34/h7-8,16-17,21H,4-6,9-15H2,1-3H3,(H,28,32,34). The quantitative estimate of drug-likeness (QED) is 0.351. The van der Waals surface area contributed by atoms with Crippen molar-refractivity contribution in [1.29, 1.82) is 0 Å². The van der Waals surface area contributed by atoms with Crippen LogP contribution in [0.4, 0.5) is 5.69 Å². The summed E-state index contributed by atoms with van der Waals surface area (Å²) in [5, 5.41) is 7.76. The van der Waals surface area contributed by atoms with E-state index in [-0.39, 0.29) is 30.3 Å². The zero-order chi connectivity index (χ0) is 25.9. The van der Waals surface area contributed by atoms with E-state index < -0.39 is 17.6 Å². The molecule has 4 rings (SSSR count). The summed E-state index contributed by atoms with van der Waals surface area (Å²) in [7, 11) is 0. The molecule has 1 N–H and O–H groups in total. The molecule has 0 spiro atoms. The van der Waals surface area contributed by atoms with Gasteiger partial charge in [-0.3, -0.25) is 29.4 Å². The summed E-state index contributed by atoms with van der Waals surface area (Å²) in [6.45, 7) is 10.2. The molecule has 10 heteroatoms. The molecule has 2 aliphatic heterocycles. The topological polar surface area (TPSA) is 114 Å². The van der Waals surface area contributed by atoms with E-state index in [9.17, 15) is 19.2 Å². The van der Waals surface area contributed by atoms with Crippen LogP contribution in [0.1, 0.15) is 58.9 Å². The van der Waals surface area contributed by atoms with Gasteiger partial charge in [-0.05, 0) is 64.8 Å². The van der Waals surface area contributed by atoms with Gasteiger partial charge in [0.1, 0.15) is 11.6 Å². The number of unbranched alkanes of at least 4 members (excludes halogenated alkanes) is 1. The number of esters is 1. The normalized spacial score (nSPS) is 19.4. The highest BCUT2D eigenvalue weighted by Gasteiger charge is 2.30. The molecule has 0 aliphatic carbocycles. The smallest absolute Gasteiger partial charge is 0.306 e. The van der Waals surface area contributed by atoms with Gasteiger partial charge < -0.3 is 9.64 Å². The molecule has 2 amide bonds. The molecule has 36 heavy (non-hydrogen) atoms. The Bertz CT molecular complexity index is 1190. The minimum absolute atomic E-state index is 0.137. The predicted octanol–water partition coefficient (Wildman–Crippen LogP) is 2.01. The SMILES string of the molecule is CC(C)(C)OC(=O)CCCCN1CCN(c2ccc3c(=O)n(C4CCC(=O)NC4=O)ncc3c2)CC1. The van der Waals surface area contributed by atoms with Crippen molar-refractivity contribution in [2.24, 2.45) is 0 Å². The van der Waals surface area contributed by atoms with Crippen LogP contribution in [0.2, 0.25) is 0 Å². The number of ether oxygens (including phenoxy) is 1. The third kappa shape index (κ3) is 6.29. The fourth-order valence-electron chi connectivity index (χ4n) is 4.71. The van der Waals surface area contributed by atoms with E-state index in [0.717, 1.165) is 56.6 Å². The van der Waals surface area contributed by atoms with Gasteiger partial charge in [-0.1, -0.05) is 0 Å². The van der Waals surface area contributed by atoms with Crippen LogP contribution in [0.15, 0.2) is 29.2 Å². The molecule has 194 valence electrons. The van der Waals surface area contributed by atoms with Crippen LogP contribution in [0, 0.1) is 0 Å². The molecule has 2 saturated heterocycles. The number of hydrogen-bond donors (Lipinski definition) is 1. The van der Waals surface area contributed by atoms with Gasteiger partial charge >= 0.3 is 5.97 Å². The number of anilines is 1. The Balaban J connectivity index is 1.30. The average molecular weight is 498 g/mol. The van der Waals surface area contributed by atoms with Crippen molar-refractivity contribution >= 4 is 34.2 Å². The van der Waals surface area contributed by atoms with Crippen LogP contribution in [0.5, 0.6) is 0 Å². The molecule has 1 aromatic heterocycles. The first-order chi connectivity index (χ1) is 17.1. The number of nitrogens with zero attached hydrogens (tertiary/aromatic N) is 4. The summed E-state index contributed by atoms with van der Waals surface area (Å²) >= 11 is 0. The molecular weight excluding hydrogens is 462 g/mol. The molecule has 1 unspecified atom stereocenters. The van der Waals surface area contributed by atoms with Crippen LogP contribution in [0.25, 0.3) is 10.8 Å². The van der Waals surface area contributed by atoms with Gasteiger partial charge in [-0.15, -0.1) is 0 Å². The first kappa shape index (κ1) is 25.8. The van der Waals surface area contributed by atoms with E-state index >= 15 is 0 Å². The lowest BCUT2D eigenvalue weighted by Crippen LogP contribution is -2.46. The fourth-order valence-corrected chi connectivity index (χ4v) is 4.71. The largest absolute Gasteiger partial charge is 0.460 e. The maximum Gasteiger partial charge on any atom is 0.306 e. The van der Waals surface area contributed by atoms with Crippen LogP contribution >= 0.6 is 0 Å². The van der Waals surface area contributed by atoms with Crippen molar-refractivity contribution in [2.45, 2.75) is 64.5 Å². The fraction of sp³-hybridized carbons (Fsp3) is 0.577. The van der Waals surface area contributed by atoms with Crippen LogP contribution in [-0.4, -0.2) is 70.8 Å². The van der Waals surface area contributed by atoms with Crippen molar-refractivity contribution < 1.29 is 19.1 Å². The van der Waals surface area contributed by atoms with Gasteiger partial charge in [0.15, 0.2) is 0 Å². The maximum absolute atomic E-state index is 13.0. The molecule has 10 nitrogen and oxygen atoms in total. The van der Waals surface area contributed by atoms with Crippen molar-refractivity contribution in [3.8, 4) is 0 Å². The number of piperazine rings is 1. The zero-order valence-corrected chi connectivity index (χ0v) is 21.3. The second kappa shape index (κ2) is 10.8. The number of benzene rings is 1. The molecule has 2 fully saturated rings. The summed E-state index contributed by atoms with van der Waals surface area (Å²) in [4.78, 5) is 53.2. The third-order valence-electron chi connectivity index (χ3n) is 6.56. The number of fused-ring (bicyclic) bond motifs is 1. The number of imide groups is 1. The number of carbonyl (C=O) groups is 3. The second-order valence-electron chi connectivity index (χ2n) is 10.5. The lowest BCUT2D eigenvalue weighted by molar-refractivity contribution is -0.155. The Labute approximate surface area is 210 Å². The predicted molar refractivity (Wildman–Crippen MR) is 136 cm³/mol. The molecule has 0 saturated carbocycles. The lowest BCUT2D eigenvalue weighted by atomic mass is 10.1. The van der Waals surface area contributed by atoms with E-state index in [1.165, 1.54) is 4.68 Å². The van der Waals surface area contributed by atoms with Crippen molar-refractivity contribution in [3.63, 3.8) is 0 Å². The molecule has 1 atom stereocenters. The van der Waals surface area contributed by atoms with Gasteiger partial charge in [0.25, 0.3) is 11.5 Å². The summed E-state index contributed by atoms with van der Waals surface area (Å²) in [5.41, 5.74) is 0.271. The summed E-state index contributed by atoms with van der Waals surface area (Å²) in [6, 6.07) is 4.93. The zero-order valence-electron chi connectivity index (χ0n) is 21.3. The monoisotopic (exact) mass is 497 g/mol. The van der Waals surface area contributed by atoms with Crippen LogP contribution in [-0.2, 0) is 19.1 Å². The number of amides is 2. The third-order valence-corrected chi connectivity index (χ3v) is 6.56. The van der Waals surface area contributed by atoms with Crippen LogP contribution < -0.4 is 15.8 Å². The Morgan fingerprint density at radius 2 is 1.86 bits per heavy atom. The molecule has 3 heterocycles. The molecule has 2 aromatic rings. The molecule has 0 bridgehead atoms.